The number of anilines is 1. The van der Waals surface area contributed by atoms with Gasteiger partial charge in [0.2, 0.25) is 5.16 Å². The highest BCUT2D eigenvalue weighted by Gasteiger charge is 2.30. The summed E-state index contributed by atoms with van der Waals surface area (Å²) >= 11 is 1.43. The molecule has 0 saturated carbocycles. The minimum Gasteiger partial charge on any atom is -0.484 e. The van der Waals surface area contributed by atoms with Gasteiger partial charge in [0, 0.05) is 24.4 Å². The highest BCUT2D eigenvalue weighted by Crippen LogP contribution is 2.33. The number of carbonyl (C=O) groups excluding carboxylic acids is 1. The van der Waals surface area contributed by atoms with E-state index in [2.05, 4.69) is 20.5 Å². The number of aromatic amines is 1. The second kappa shape index (κ2) is 11.3. The van der Waals surface area contributed by atoms with Crippen molar-refractivity contribution < 1.29 is 17.9 Å². The molecule has 9 nitrogen and oxygen atoms in total. The minimum atomic E-state index is -3.69. The Morgan fingerprint density at radius 2 is 1.89 bits per heavy atom. The number of hydrogen-bond donors (Lipinski definition) is 2. The van der Waals surface area contributed by atoms with Crippen LogP contribution >= 0.6 is 11.8 Å². The SMILES string of the molecule is Cc1cc(S(=O)(=O)N2CCc3ccccc32)ccc1OCC(=O)NCCSc1n[nH]c(-c2ccccc2)n1. The molecular weight excluding hydrogens is 522 g/mol. The fourth-order valence-corrected chi connectivity index (χ4v) is 6.43. The van der Waals surface area contributed by atoms with Crippen molar-refractivity contribution in [3.8, 4) is 17.1 Å². The Morgan fingerprint density at radius 1 is 1.11 bits per heavy atom. The second-order valence-corrected chi connectivity index (χ2v) is 11.6. The molecule has 3 aromatic carbocycles. The molecule has 2 heterocycles. The summed E-state index contributed by atoms with van der Waals surface area (Å²) in [5, 5.41) is 10.5. The molecule has 4 aromatic rings. The van der Waals surface area contributed by atoms with E-state index in [0.717, 1.165) is 16.8 Å². The molecule has 1 aliphatic heterocycles. The first kappa shape index (κ1) is 25.8. The Morgan fingerprint density at radius 3 is 2.71 bits per heavy atom. The summed E-state index contributed by atoms with van der Waals surface area (Å²) < 4.78 is 33.6. The number of hydrogen-bond acceptors (Lipinski definition) is 7. The number of amides is 1. The monoisotopic (exact) mass is 549 g/mol. The summed E-state index contributed by atoms with van der Waals surface area (Å²) in [6, 6.07) is 22.0. The summed E-state index contributed by atoms with van der Waals surface area (Å²) in [6.45, 7) is 2.44. The van der Waals surface area contributed by atoms with Gasteiger partial charge in [0.25, 0.3) is 15.9 Å². The third kappa shape index (κ3) is 5.68. The Labute approximate surface area is 225 Å². The molecule has 0 atom stereocenters. The number of aryl methyl sites for hydroxylation is 1. The van der Waals surface area contributed by atoms with Gasteiger partial charge in [-0.15, -0.1) is 5.10 Å². The Bertz CT molecular complexity index is 1540. The molecule has 11 heteroatoms. The summed E-state index contributed by atoms with van der Waals surface area (Å²) in [6.07, 6.45) is 0.691. The molecule has 1 amide bonds. The normalized spacial score (nSPS) is 12.8. The van der Waals surface area contributed by atoms with Gasteiger partial charge in [-0.05, 0) is 48.7 Å². The number of ether oxygens (including phenoxy) is 1. The zero-order chi connectivity index (χ0) is 26.5. The van der Waals surface area contributed by atoms with Crippen molar-refractivity contribution in [2.75, 3.05) is 29.8 Å². The van der Waals surface area contributed by atoms with Crippen LogP contribution < -0.4 is 14.4 Å². The lowest BCUT2D eigenvalue weighted by Gasteiger charge is -2.20. The van der Waals surface area contributed by atoms with Crippen molar-refractivity contribution in [2.24, 2.45) is 0 Å². The number of sulfonamides is 1. The molecule has 0 radical (unpaired) electrons. The number of rotatable bonds is 10. The van der Waals surface area contributed by atoms with Crippen molar-refractivity contribution >= 4 is 33.4 Å². The number of thioether (sulfide) groups is 1. The quantitative estimate of drug-likeness (QED) is 0.228. The van der Waals surface area contributed by atoms with Gasteiger partial charge >= 0.3 is 0 Å². The number of fused-ring (bicyclic) bond motifs is 1. The van der Waals surface area contributed by atoms with Crippen LogP contribution in [0.15, 0.2) is 82.8 Å². The van der Waals surface area contributed by atoms with Gasteiger partial charge in [-0.25, -0.2) is 13.4 Å². The smallest absolute Gasteiger partial charge is 0.264 e. The summed E-state index contributed by atoms with van der Waals surface area (Å²) in [5.41, 5.74) is 3.34. The molecule has 0 spiro atoms. The maximum atomic E-state index is 13.3. The maximum Gasteiger partial charge on any atom is 0.264 e. The van der Waals surface area contributed by atoms with Crippen LogP contribution in [0.25, 0.3) is 11.4 Å². The molecule has 0 fully saturated rings. The summed E-state index contributed by atoms with van der Waals surface area (Å²) in [5.74, 6) is 1.49. The lowest BCUT2D eigenvalue weighted by atomic mass is 10.2. The van der Waals surface area contributed by atoms with Gasteiger partial charge in [-0.2, -0.15) is 0 Å². The van der Waals surface area contributed by atoms with Crippen LogP contribution in [0, 0.1) is 6.92 Å². The first-order valence-corrected chi connectivity index (χ1v) is 14.6. The molecule has 0 unspecified atom stereocenters. The van der Waals surface area contributed by atoms with Gasteiger partial charge in [-0.3, -0.25) is 14.2 Å². The first-order chi connectivity index (χ1) is 18.4. The topological polar surface area (TPSA) is 117 Å². The van der Waals surface area contributed by atoms with Crippen molar-refractivity contribution in [1.82, 2.24) is 20.5 Å². The van der Waals surface area contributed by atoms with Crippen LogP contribution in [-0.4, -0.2) is 55.0 Å². The molecule has 1 aromatic heterocycles. The van der Waals surface area contributed by atoms with E-state index in [0.29, 0.717) is 47.6 Å². The van der Waals surface area contributed by atoms with Crippen molar-refractivity contribution in [3.05, 3.63) is 83.9 Å². The van der Waals surface area contributed by atoms with E-state index in [-0.39, 0.29) is 17.4 Å². The minimum absolute atomic E-state index is 0.171. The third-order valence-corrected chi connectivity index (χ3v) is 8.76. The molecule has 196 valence electrons. The zero-order valence-corrected chi connectivity index (χ0v) is 22.4. The van der Waals surface area contributed by atoms with Gasteiger partial charge in [0.15, 0.2) is 12.4 Å². The molecule has 38 heavy (non-hydrogen) atoms. The van der Waals surface area contributed by atoms with Crippen LogP contribution in [0.3, 0.4) is 0 Å². The highest BCUT2D eigenvalue weighted by atomic mass is 32.2. The highest BCUT2D eigenvalue weighted by molar-refractivity contribution is 7.99. The molecule has 5 rings (SSSR count). The maximum absolute atomic E-state index is 13.3. The van der Waals surface area contributed by atoms with Gasteiger partial charge in [0.1, 0.15) is 5.75 Å². The van der Waals surface area contributed by atoms with Gasteiger partial charge < -0.3 is 10.1 Å². The molecular formula is C27H27N5O4S2. The number of H-pyrrole nitrogens is 1. The lowest BCUT2D eigenvalue weighted by molar-refractivity contribution is -0.122. The van der Waals surface area contributed by atoms with E-state index < -0.39 is 10.0 Å². The molecule has 0 saturated heterocycles. The molecule has 2 N–H and O–H groups in total. The predicted octanol–water partition coefficient (Wildman–Crippen LogP) is 3.82. The van der Waals surface area contributed by atoms with Crippen LogP contribution in [-0.2, 0) is 21.2 Å². The van der Waals surface area contributed by atoms with Crippen molar-refractivity contribution in [2.45, 2.75) is 23.4 Å². The van der Waals surface area contributed by atoms with Crippen molar-refractivity contribution in [1.29, 1.82) is 0 Å². The van der Waals surface area contributed by atoms with E-state index >= 15 is 0 Å². The fraction of sp³-hybridized carbons (Fsp3) is 0.222. The molecule has 0 bridgehead atoms. The van der Waals surface area contributed by atoms with E-state index in [1.54, 1.807) is 19.1 Å². The predicted molar refractivity (Wildman–Crippen MR) is 147 cm³/mol. The summed E-state index contributed by atoms with van der Waals surface area (Å²) in [4.78, 5) is 16.9. The Balaban J connectivity index is 1.09. The van der Waals surface area contributed by atoms with Crippen LogP contribution in [0.1, 0.15) is 11.1 Å². The average Bonchev–Trinajstić information content (AvgIpc) is 3.59. The van der Waals surface area contributed by atoms with E-state index in [1.165, 1.54) is 22.1 Å². The van der Waals surface area contributed by atoms with E-state index in [1.807, 2.05) is 54.6 Å². The van der Waals surface area contributed by atoms with Gasteiger partial charge in [0.05, 0.1) is 10.6 Å². The molecule has 1 aliphatic rings. The lowest BCUT2D eigenvalue weighted by Crippen LogP contribution is -2.31. The van der Waals surface area contributed by atoms with Crippen molar-refractivity contribution in [3.63, 3.8) is 0 Å². The second-order valence-electron chi connectivity index (χ2n) is 8.70. The fourth-order valence-electron chi connectivity index (χ4n) is 4.19. The first-order valence-electron chi connectivity index (χ1n) is 12.1. The van der Waals surface area contributed by atoms with E-state index in [4.69, 9.17) is 4.74 Å². The number of aromatic nitrogens is 3. The average molecular weight is 550 g/mol. The van der Waals surface area contributed by atoms with E-state index in [9.17, 15) is 13.2 Å². The van der Waals surface area contributed by atoms with Gasteiger partial charge in [-0.1, -0.05) is 60.3 Å². The van der Waals surface area contributed by atoms with Crippen LogP contribution in [0.5, 0.6) is 5.75 Å². The number of para-hydroxylation sites is 1. The zero-order valence-electron chi connectivity index (χ0n) is 20.8. The number of nitrogens with zero attached hydrogens (tertiary/aromatic N) is 3. The number of nitrogens with one attached hydrogen (secondary N) is 2. The van der Waals surface area contributed by atoms with Crippen LogP contribution in [0.4, 0.5) is 5.69 Å². The standard InChI is InChI=1S/C27H27N5O4S2/c1-19-17-22(38(34,35)32-15-13-20-7-5-6-10-23(20)32)11-12-24(19)36-18-25(33)28-14-16-37-27-29-26(30-31-27)21-8-3-2-4-9-21/h2-12,17H,13-16,18H2,1H3,(H,28,33)(H,29,30,31). The third-order valence-electron chi connectivity index (χ3n) is 6.11. The Kier molecular flexibility index (Phi) is 7.66. The molecule has 0 aliphatic carbocycles. The number of benzene rings is 3. The summed E-state index contributed by atoms with van der Waals surface area (Å²) in [7, 11) is -3.69. The Hall–Kier alpha value is -3.83. The number of carbonyl (C=O) groups is 1. The largest absolute Gasteiger partial charge is 0.484 e. The van der Waals surface area contributed by atoms with Crippen LogP contribution in [0.2, 0.25) is 0 Å².